The highest BCUT2D eigenvalue weighted by Gasteiger charge is 2.12. The van der Waals surface area contributed by atoms with Gasteiger partial charge in [-0.25, -0.2) is 0 Å². The molecular weight excluding hydrogens is 339 g/mol. The quantitative estimate of drug-likeness (QED) is 0.570. The fourth-order valence-electron chi connectivity index (χ4n) is 1.97. The van der Waals surface area contributed by atoms with E-state index >= 15 is 0 Å². The molecule has 0 aliphatic rings. The molecule has 0 N–H and O–H groups in total. The van der Waals surface area contributed by atoms with Gasteiger partial charge in [0.15, 0.2) is 0 Å². The molecule has 3 nitrogen and oxygen atoms in total. The Morgan fingerprint density at radius 3 is 2.50 bits per heavy atom. The number of nitrogens with zero attached hydrogens (tertiary/aromatic N) is 2. The number of benzene rings is 2. The maximum absolute atomic E-state index is 6.15. The molecular formula is C16H12Cl2N2OS. The molecule has 0 fully saturated rings. The molecule has 0 aliphatic heterocycles. The summed E-state index contributed by atoms with van der Waals surface area (Å²) < 4.78 is 5.68. The zero-order chi connectivity index (χ0) is 15.5. The highest BCUT2D eigenvalue weighted by Crippen LogP contribution is 2.32. The summed E-state index contributed by atoms with van der Waals surface area (Å²) in [5, 5.41) is 9.91. The predicted octanol–water partition coefficient (Wildman–Crippen LogP) is 5.64. The highest BCUT2D eigenvalue weighted by molar-refractivity contribution is 7.98. The Hall–Kier alpha value is -1.49. The van der Waals surface area contributed by atoms with Crippen LogP contribution in [0.2, 0.25) is 10.0 Å². The van der Waals surface area contributed by atoms with Gasteiger partial charge in [0.1, 0.15) is 0 Å². The van der Waals surface area contributed by atoms with Gasteiger partial charge in [0.25, 0.3) is 5.22 Å². The lowest BCUT2D eigenvalue weighted by Gasteiger charge is -2.04. The van der Waals surface area contributed by atoms with E-state index < -0.39 is 0 Å². The largest absolute Gasteiger partial charge is 0.411 e. The number of halogens is 2. The number of thioether (sulfide) groups is 1. The Morgan fingerprint density at radius 1 is 1.05 bits per heavy atom. The van der Waals surface area contributed by atoms with Gasteiger partial charge in [0, 0.05) is 21.4 Å². The summed E-state index contributed by atoms with van der Waals surface area (Å²) in [6.07, 6.45) is 0. The Kier molecular flexibility index (Phi) is 4.71. The molecule has 22 heavy (non-hydrogen) atoms. The third-order valence-corrected chi connectivity index (χ3v) is 4.63. The fourth-order valence-corrected chi connectivity index (χ4v) is 3.47. The van der Waals surface area contributed by atoms with Gasteiger partial charge in [-0.1, -0.05) is 58.7 Å². The molecule has 112 valence electrons. The second kappa shape index (κ2) is 6.73. The smallest absolute Gasteiger partial charge is 0.277 e. The van der Waals surface area contributed by atoms with E-state index in [2.05, 4.69) is 10.2 Å². The van der Waals surface area contributed by atoms with Gasteiger partial charge in [0.05, 0.1) is 0 Å². The first-order valence-electron chi connectivity index (χ1n) is 6.60. The average molecular weight is 351 g/mol. The van der Waals surface area contributed by atoms with Crippen LogP contribution in [0.15, 0.2) is 52.1 Å². The van der Waals surface area contributed by atoms with Crippen molar-refractivity contribution in [2.24, 2.45) is 0 Å². The molecule has 2 aromatic carbocycles. The van der Waals surface area contributed by atoms with E-state index in [0.29, 0.717) is 26.9 Å². The first kappa shape index (κ1) is 15.4. The zero-order valence-corrected chi connectivity index (χ0v) is 14.0. The van der Waals surface area contributed by atoms with Crippen molar-refractivity contribution in [1.82, 2.24) is 10.2 Å². The molecule has 0 radical (unpaired) electrons. The van der Waals surface area contributed by atoms with Gasteiger partial charge in [-0.2, -0.15) is 0 Å². The minimum atomic E-state index is 0.493. The van der Waals surface area contributed by atoms with Crippen molar-refractivity contribution in [3.05, 3.63) is 63.6 Å². The van der Waals surface area contributed by atoms with E-state index in [0.717, 1.165) is 16.7 Å². The maximum Gasteiger partial charge on any atom is 0.277 e. The van der Waals surface area contributed by atoms with Crippen molar-refractivity contribution in [3.63, 3.8) is 0 Å². The predicted molar refractivity (Wildman–Crippen MR) is 90.5 cm³/mol. The molecule has 0 amide bonds. The number of hydrogen-bond acceptors (Lipinski definition) is 4. The van der Waals surface area contributed by atoms with Crippen molar-refractivity contribution in [2.75, 3.05) is 0 Å². The molecule has 0 spiro atoms. The minimum absolute atomic E-state index is 0.493. The fraction of sp³-hybridized carbons (Fsp3) is 0.125. The van der Waals surface area contributed by atoms with Crippen molar-refractivity contribution >= 4 is 35.0 Å². The van der Waals surface area contributed by atoms with E-state index in [4.69, 9.17) is 27.6 Å². The maximum atomic E-state index is 6.15. The molecule has 0 atom stereocenters. The van der Waals surface area contributed by atoms with E-state index in [9.17, 15) is 0 Å². The Bertz CT molecular complexity index is 784. The SMILES string of the molecule is Cc1cccc(-c2nnc(SCc3c(Cl)cccc3Cl)o2)c1. The number of aryl methyl sites for hydroxylation is 1. The molecule has 0 unspecified atom stereocenters. The number of hydrogen-bond donors (Lipinski definition) is 0. The molecule has 3 rings (SSSR count). The Balaban J connectivity index is 1.75. The molecule has 1 heterocycles. The lowest BCUT2D eigenvalue weighted by Crippen LogP contribution is -1.84. The van der Waals surface area contributed by atoms with Gasteiger partial charge in [-0.15, -0.1) is 10.2 Å². The topological polar surface area (TPSA) is 38.9 Å². The van der Waals surface area contributed by atoms with Crippen LogP contribution >= 0.6 is 35.0 Å². The van der Waals surface area contributed by atoms with Crippen LogP contribution in [-0.4, -0.2) is 10.2 Å². The Morgan fingerprint density at radius 2 is 1.77 bits per heavy atom. The average Bonchev–Trinajstić information content (AvgIpc) is 2.96. The standard InChI is InChI=1S/C16H12Cl2N2OS/c1-10-4-2-5-11(8-10)15-19-20-16(21-15)22-9-12-13(17)6-3-7-14(12)18/h2-8H,9H2,1H3. The van der Waals surface area contributed by atoms with Gasteiger partial charge in [-0.3, -0.25) is 0 Å². The second-order valence-corrected chi connectivity index (χ2v) is 6.47. The number of aromatic nitrogens is 2. The van der Waals surface area contributed by atoms with Crippen molar-refractivity contribution in [3.8, 4) is 11.5 Å². The van der Waals surface area contributed by atoms with Crippen LogP contribution in [0.1, 0.15) is 11.1 Å². The molecule has 3 aromatic rings. The lowest BCUT2D eigenvalue weighted by atomic mass is 10.1. The summed E-state index contributed by atoms with van der Waals surface area (Å²) in [5.41, 5.74) is 2.93. The summed E-state index contributed by atoms with van der Waals surface area (Å²) in [4.78, 5) is 0. The highest BCUT2D eigenvalue weighted by atomic mass is 35.5. The van der Waals surface area contributed by atoms with Crippen molar-refractivity contribution in [1.29, 1.82) is 0 Å². The summed E-state index contributed by atoms with van der Waals surface area (Å²) in [6.45, 7) is 2.02. The van der Waals surface area contributed by atoms with Gasteiger partial charge >= 0.3 is 0 Å². The van der Waals surface area contributed by atoms with Crippen LogP contribution in [0.5, 0.6) is 0 Å². The van der Waals surface area contributed by atoms with Crippen LogP contribution in [-0.2, 0) is 5.75 Å². The molecule has 0 saturated carbocycles. The third kappa shape index (κ3) is 3.46. The van der Waals surface area contributed by atoms with Gasteiger partial charge < -0.3 is 4.42 Å². The van der Waals surface area contributed by atoms with Crippen LogP contribution in [0, 0.1) is 6.92 Å². The van der Waals surface area contributed by atoms with E-state index in [1.165, 1.54) is 11.8 Å². The van der Waals surface area contributed by atoms with E-state index in [1.54, 1.807) is 0 Å². The first-order valence-corrected chi connectivity index (χ1v) is 8.34. The van der Waals surface area contributed by atoms with Crippen LogP contribution in [0.4, 0.5) is 0 Å². The summed E-state index contributed by atoms with van der Waals surface area (Å²) in [6, 6.07) is 13.4. The molecule has 1 aromatic heterocycles. The monoisotopic (exact) mass is 350 g/mol. The number of rotatable bonds is 4. The normalized spacial score (nSPS) is 10.9. The van der Waals surface area contributed by atoms with Crippen LogP contribution in [0.25, 0.3) is 11.5 Å². The van der Waals surface area contributed by atoms with Gasteiger partial charge in [-0.05, 0) is 36.8 Å². The van der Waals surface area contributed by atoms with Crippen LogP contribution < -0.4 is 0 Å². The van der Waals surface area contributed by atoms with Crippen molar-refractivity contribution < 1.29 is 4.42 Å². The minimum Gasteiger partial charge on any atom is -0.411 e. The van der Waals surface area contributed by atoms with Gasteiger partial charge in [0.2, 0.25) is 5.89 Å². The second-order valence-electron chi connectivity index (χ2n) is 4.73. The third-order valence-electron chi connectivity index (χ3n) is 3.07. The lowest BCUT2D eigenvalue weighted by molar-refractivity contribution is 0.466. The molecule has 0 aliphatic carbocycles. The zero-order valence-electron chi connectivity index (χ0n) is 11.7. The molecule has 6 heteroatoms. The Labute approximate surface area is 142 Å². The summed E-state index contributed by atoms with van der Waals surface area (Å²) in [5.74, 6) is 1.09. The summed E-state index contributed by atoms with van der Waals surface area (Å²) in [7, 11) is 0. The van der Waals surface area contributed by atoms with E-state index in [1.807, 2.05) is 49.4 Å². The summed E-state index contributed by atoms with van der Waals surface area (Å²) >= 11 is 13.7. The van der Waals surface area contributed by atoms with Crippen LogP contribution in [0.3, 0.4) is 0 Å². The van der Waals surface area contributed by atoms with Crippen molar-refractivity contribution in [2.45, 2.75) is 17.9 Å². The molecule has 0 saturated heterocycles. The first-order chi connectivity index (χ1) is 10.6. The van der Waals surface area contributed by atoms with E-state index in [-0.39, 0.29) is 0 Å². The molecule has 0 bridgehead atoms.